The van der Waals surface area contributed by atoms with Crippen molar-refractivity contribution < 1.29 is 23.6 Å². The van der Waals surface area contributed by atoms with Gasteiger partial charge in [-0.2, -0.15) is 4.98 Å². The summed E-state index contributed by atoms with van der Waals surface area (Å²) in [6.45, 7) is 3.41. The summed E-state index contributed by atoms with van der Waals surface area (Å²) in [6.07, 6.45) is -0.702. The molecule has 3 aromatic rings. The number of amides is 1. The molecule has 9 heteroatoms. The molecule has 2 aromatic heterocycles. The standard InChI is InChI=1S/C20H21N3O5S/c1-12-6-7-15(26-3)14(11-12)21-20(25)13(2)27-18(24)9-8-17-22-19(23-28-17)16-5-4-10-29-16/h4-7,10-11,13H,8-9H2,1-3H3,(H,21,25)/t13-/m0/s1. The smallest absolute Gasteiger partial charge is 0.307 e. The van der Waals surface area contributed by atoms with Crippen LogP contribution in [0.4, 0.5) is 5.69 Å². The monoisotopic (exact) mass is 415 g/mol. The van der Waals surface area contributed by atoms with E-state index in [0.29, 0.717) is 23.2 Å². The number of nitrogens with zero attached hydrogens (tertiary/aromatic N) is 2. The van der Waals surface area contributed by atoms with Crippen LogP contribution in [0.1, 0.15) is 24.8 Å². The fourth-order valence-electron chi connectivity index (χ4n) is 2.53. The van der Waals surface area contributed by atoms with Crippen LogP contribution < -0.4 is 10.1 Å². The Kier molecular flexibility index (Phi) is 6.61. The average molecular weight is 415 g/mol. The van der Waals surface area contributed by atoms with Crippen LogP contribution in [-0.2, 0) is 20.7 Å². The van der Waals surface area contributed by atoms with Gasteiger partial charge in [0.2, 0.25) is 11.7 Å². The summed E-state index contributed by atoms with van der Waals surface area (Å²) in [5.41, 5.74) is 1.49. The lowest BCUT2D eigenvalue weighted by Crippen LogP contribution is -2.30. The molecule has 29 heavy (non-hydrogen) atoms. The maximum absolute atomic E-state index is 12.4. The molecule has 8 nitrogen and oxygen atoms in total. The predicted molar refractivity (Wildman–Crippen MR) is 108 cm³/mol. The molecule has 0 spiro atoms. The molecule has 0 aliphatic carbocycles. The van der Waals surface area contributed by atoms with Crippen LogP contribution in [0, 0.1) is 6.92 Å². The van der Waals surface area contributed by atoms with E-state index in [-0.39, 0.29) is 12.8 Å². The molecule has 2 heterocycles. The first-order valence-electron chi connectivity index (χ1n) is 8.97. The largest absolute Gasteiger partial charge is 0.495 e. The van der Waals surface area contributed by atoms with Gasteiger partial charge in [0.25, 0.3) is 5.91 Å². The molecule has 0 fully saturated rings. The van der Waals surface area contributed by atoms with Crippen molar-refractivity contribution in [3.8, 4) is 16.5 Å². The van der Waals surface area contributed by atoms with E-state index in [1.54, 1.807) is 12.1 Å². The molecule has 1 atom stereocenters. The highest BCUT2D eigenvalue weighted by Gasteiger charge is 2.20. The Morgan fingerprint density at radius 2 is 2.14 bits per heavy atom. The van der Waals surface area contributed by atoms with Gasteiger partial charge in [0.05, 0.1) is 24.1 Å². The van der Waals surface area contributed by atoms with Gasteiger partial charge in [-0.05, 0) is 43.0 Å². The highest BCUT2D eigenvalue weighted by molar-refractivity contribution is 7.13. The highest BCUT2D eigenvalue weighted by Crippen LogP contribution is 2.25. The highest BCUT2D eigenvalue weighted by atomic mass is 32.1. The fourth-order valence-corrected chi connectivity index (χ4v) is 3.18. The van der Waals surface area contributed by atoms with Crippen LogP contribution in [0.2, 0.25) is 0 Å². The summed E-state index contributed by atoms with van der Waals surface area (Å²) in [4.78, 5) is 29.6. The third kappa shape index (κ3) is 5.41. The van der Waals surface area contributed by atoms with E-state index >= 15 is 0 Å². The van der Waals surface area contributed by atoms with Gasteiger partial charge < -0.3 is 19.3 Å². The number of aromatic nitrogens is 2. The lowest BCUT2D eigenvalue weighted by molar-refractivity contribution is -0.153. The number of esters is 1. The predicted octanol–water partition coefficient (Wildman–Crippen LogP) is 3.62. The Balaban J connectivity index is 1.50. The number of anilines is 1. The Hall–Kier alpha value is -3.20. The van der Waals surface area contributed by atoms with E-state index in [4.69, 9.17) is 14.0 Å². The van der Waals surface area contributed by atoms with Crippen molar-refractivity contribution >= 4 is 28.9 Å². The third-order valence-electron chi connectivity index (χ3n) is 4.04. The number of ether oxygens (including phenoxy) is 2. The topological polar surface area (TPSA) is 104 Å². The summed E-state index contributed by atoms with van der Waals surface area (Å²) in [5, 5.41) is 8.53. The molecule has 3 rings (SSSR count). The summed E-state index contributed by atoms with van der Waals surface area (Å²) < 4.78 is 15.6. The van der Waals surface area contributed by atoms with Crippen molar-refractivity contribution in [2.24, 2.45) is 0 Å². The van der Waals surface area contributed by atoms with Gasteiger partial charge in [-0.1, -0.05) is 17.3 Å². The SMILES string of the molecule is COc1ccc(C)cc1NC(=O)[C@H](C)OC(=O)CCc1nc(-c2cccs2)no1. The van der Waals surface area contributed by atoms with Crippen molar-refractivity contribution in [1.29, 1.82) is 0 Å². The number of carbonyl (C=O) groups excluding carboxylic acids is 2. The Labute approximate surface area is 171 Å². The molecular formula is C20H21N3O5S. The number of benzene rings is 1. The molecule has 0 unspecified atom stereocenters. The van der Waals surface area contributed by atoms with Gasteiger partial charge in [0.15, 0.2) is 6.10 Å². The van der Waals surface area contributed by atoms with Gasteiger partial charge in [0, 0.05) is 6.42 Å². The zero-order valence-electron chi connectivity index (χ0n) is 16.3. The summed E-state index contributed by atoms with van der Waals surface area (Å²) >= 11 is 1.50. The molecule has 1 aromatic carbocycles. The second-order valence-electron chi connectivity index (χ2n) is 6.31. The summed E-state index contributed by atoms with van der Waals surface area (Å²) in [5.74, 6) is 0.385. The van der Waals surface area contributed by atoms with Crippen LogP contribution >= 0.6 is 11.3 Å². The molecule has 1 amide bonds. The van der Waals surface area contributed by atoms with Crippen LogP contribution in [0.5, 0.6) is 5.75 Å². The number of hydrogen-bond acceptors (Lipinski definition) is 8. The van der Waals surface area contributed by atoms with Crippen molar-refractivity contribution in [3.63, 3.8) is 0 Å². The molecule has 0 saturated carbocycles. The van der Waals surface area contributed by atoms with E-state index in [1.807, 2.05) is 30.5 Å². The quantitative estimate of drug-likeness (QED) is 0.560. The van der Waals surface area contributed by atoms with Gasteiger partial charge in [-0.25, -0.2) is 0 Å². The number of nitrogens with one attached hydrogen (secondary N) is 1. The van der Waals surface area contributed by atoms with Crippen molar-refractivity contribution in [2.45, 2.75) is 32.8 Å². The minimum absolute atomic E-state index is 0.0253. The Bertz CT molecular complexity index is 984. The lowest BCUT2D eigenvalue weighted by Gasteiger charge is -2.15. The third-order valence-corrected chi connectivity index (χ3v) is 4.91. The van der Waals surface area contributed by atoms with Crippen molar-refractivity contribution in [2.75, 3.05) is 12.4 Å². The summed E-state index contributed by atoms with van der Waals surface area (Å²) in [6, 6.07) is 9.20. The Morgan fingerprint density at radius 3 is 2.86 bits per heavy atom. The van der Waals surface area contributed by atoms with Crippen molar-refractivity contribution in [1.82, 2.24) is 10.1 Å². The summed E-state index contributed by atoms with van der Waals surface area (Å²) in [7, 11) is 1.52. The maximum atomic E-state index is 12.4. The first-order valence-corrected chi connectivity index (χ1v) is 9.85. The molecule has 0 saturated heterocycles. The molecular weight excluding hydrogens is 394 g/mol. The molecule has 0 radical (unpaired) electrons. The van der Waals surface area contributed by atoms with Gasteiger partial charge in [0.1, 0.15) is 5.75 Å². The zero-order chi connectivity index (χ0) is 20.8. The number of hydrogen-bond donors (Lipinski definition) is 1. The maximum Gasteiger partial charge on any atom is 0.307 e. The minimum atomic E-state index is -0.961. The van der Waals surface area contributed by atoms with E-state index in [9.17, 15) is 9.59 Å². The first kappa shape index (κ1) is 20.5. The minimum Gasteiger partial charge on any atom is -0.495 e. The molecule has 1 N–H and O–H groups in total. The molecule has 0 aliphatic heterocycles. The van der Waals surface area contributed by atoms with Crippen LogP contribution in [0.15, 0.2) is 40.2 Å². The van der Waals surface area contributed by atoms with Gasteiger partial charge in [-0.15, -0.1) is 11.3 Å². The van der Waals surface area contributed by atoms with Crippen LogP contribution in [0.3, 0.4) is 0 Å². The Morgan fingerprint density at radius 1 is 1.31 bits per heavy atom. The fraction of sp³-hybridized carbons (Fsp3) is 0.300. The second kappa shape index (κ2) is 9.33. The average Bonchev–Trinajstić information content (AvgIpc) is 3.38. The number of carbonyl (C=O) groups is 2. The number of rotatable bonds is 8. The van der Waals surface area contributed by atoms with Crippen molar-refractivity contribution in [3.05, 3.63) is 47.2 Å². The second-order valence-corrected chi connectivity index (χ2v) is 7.26. The first-order chi connectivity index (χ1) is 14.0. The lowest BCUT2D eigenvalue weighted by atomic mass is 10.2. The van der Waals surface area contributed by atoms with E-state index < -0.39 is 18.0 Å². The van der Waals surface area contributed by atoms with Gasteiger partial charge >= 0.3 is 5.97 Å². The van der Waals surface area contributed by atoms with E-state index in [2.05, 4.69) is 15.5 Å². The zero-order valence-corrected chi connectivity index (χ0v) is 17.1. The van der Waals surface area contributed by atoms with E-state index in [0.717, 1.165) is 10.4 Å². The normalized spacial score (nSPS) is 11.7. The van der Waals surface area contributed by atoms with Crippen LogP contribution in [0.25, 0.3) is 10.7 Å². The molecule has 0 aliphatic rings. The number of aryl methyl sites for hydroxylation is 2. The molecule has 152 valence electrons. The van der Waals surface area contributed by atoms with E-state index in [1.165, 1.54) is 25.4 Å². The number of thiophene rings is 1. The van der Waals surface area contributed by atoms with Crippen LogP contribution in [-0.4, -0.2) is 35.2 Å². The molecule has 0 bridgehead atoms. The van der Waals surface area contributed by atoms with Gasteiger partial charge in [-0.3, -0.25) is 9.59 Å². The number of methoxy groups -OCH3 is 1.